The van der Waals surface area contributed by atoms with Crippen molar-refractivity contribution in [3.8, 4) is 0 Å². The van der Waals surface area contributed by atoms with E-state index in [0.29, 0.717) is 15.4 Å². The van der Waals surface area contributed by atoms with Gasteiger partial charge in [-0.05, 0) is 0 Å². The molecule has 1 heteroatoms. The van der Waals surface area contributed by atoms with Crippen molar-refractivity contribution in [1.82, 2.24) is 0 Å². The summed E-state index contributed by atoms with van der Waals surface area (Å²) in [5.74, 6) is 0. The predicted octanol–water partition coefficient (Wildman–Crippen LogP) is 2.35. The fourth-order valence-corrected chi connectivity index (χ4v) is 2.25. The maximum atomic E-state index is 2.33. The van der Waals surface area contributed by atoms with E-state index in [9.17, 15) is 0 Å². The molecule has 0 aromatic rings. The van der Waals surface area contributed by atoms with Gasteiger partial charge in [-0.3, -0.25) is 0 Å². The molecule has 0 rings (SSSR count). The summed E-state index contributed by atoms with van der Waals surface area (Å²) in [5.41, 5.74) is 0. The molecule has 0 aliphatic carbocycles. The van der Waals surface area contributed by atoms with E-state index in [0.717, 1.165) is 4.75 Å². The van der Waals surface area contributed by atoms with Crippen LogP contribution >= 0.6 is 0 Å². The molecule has 0 aromatic carbocycles. The van der Waals surface area contributed by atoms with Gasteiger partial charge >= 0.3 is 52.6 Å². The average molecular weight is 159 g/mol. The van der Waals surface area contributed by atoms with Gasteiger partial charge in [0, 0.05) is 0 Å². The average Bonchev–Trinajstić information content (AvgIpc) is 1.61. The van der Waals surface area contributed by atoms with Crippen molar-refractivity contribution >= 4 is 15.4 Å². The van der Waals surface area contributed by atoms with Crippen LogP contribution in [-0.4, -0.2) is 15.4 Å². The van der Waals surface area contributed by atoms with Gasteiger partial charge in [0.25, 0.3) is 0 Å². The quantitative estimate of drug-likeness (QED) is 0.554. The Morgan fingerprint density at radius 3 is 2.14 bits per heavy atom. The van der Waals surface area contributed by atoms with Crippen molar-refractivity contribution in [1.29, 1.82) is 0 Å². The molecule has 0 bridgehead atoms. The van der Waals surface area contributed by atoms with Crippen LogP contribution in [0.1, 0.15) is 27.2 Å². The van der Waals surface area contributed by atoms with Crippen LogP contribution in [0.5, 0.6) is 0 Å². The van der Waals surface area contributed by atoms with E-state index in [1.807, 2.05) is 0 Å². The molecule has 0 nitrogen and oxygen atoms in total. The zero-order valence-electron chi connectivity index (χ0n) is 5.49. The van der Waals surface area contributed by atoms with Crippen molar-refractivity contribution in [2.45, 2.75) is 37.2 Å². The van der Waals surface area contributed by atoms with Crippen LogP contribution in [0.4, 0.5) is 0 Å². The Morgan fingerprint density at radius 1 is 1.43 bits per heavy atom. The van der Waals surface area contributed by atoms with Gasteiger partial charge < -0.3 is 0 Å². The summed E-state index contributed by atoms with van der Waals surface area (Å²) in [4.78, 5) is 0. The molecule has 0 heterocycles. The molecule has 0 spiro atoms. The van der Waals surface area contributed by atoms with Crippen LogP contribution in [0.15, 0.2) is 0 Å². The summed E-state index contributed by atoms with van der Waals surface area (Å²) in [5, 5.41) is 1.53. The number of rotatable bonds is 3. The van der Waals surface area contributed by atoms with Gasteiger partial charge in [-0.25, -0.2) is 0 Å². The Hall–Kier alpha value is 0.543. The van der Waals surface area contributed by atoms with Gasteiger partial charge in [-0.1, -0.05) is 0 Å². The molecular weight excluding hydrogens is 145 g/mol. The third kappa shape index (κ3) is 6.54. The first-order valence-corrected chi connectivity index (χ1v) is 5.70. The Morgan fingerprint density at radius 2 is 2.00 bits per heavy atom. The Labute approximate surface area is 53.2 Å². The van der Waals surface area contributed by atoms with Gasteiger partial charge in [0.05, 0.1) is 0 Å². The molecule has 0 saturated carbocycles. The normalized spacial score (nSPS) is 10.3. The molecule has 0 aliphatic rings. The van der Waals surface area contributed by atoms with Crippen LogP contribution in [0.25, 0.3) is 0 Å². The molecule has 7 heavy (non-hydrogen) atoms. The number of hydrogen-bond donors (Lipinski definition) is 0. The summed E-state index contributed by atoms with van der Waals surface area (Å²) in [6.07, 6.45) is 1.40. The van der Waals surface area contributed by atoms with Gasteiger partial charge in [-0.15, -0.1) is 0 Å². The molecule has 2 radical (unpaired) electrons. The van der Waals surface area contributed by atoms with E-state index in [2.05, 4.69) is 20.8 Å². The summed E-state index contributed by atoms with van der Waals surface area (Å²) >= 11 is 0.451. The molecule has 0 N–H and O–H groups in total. The van der Waals surface area contributed by atoms with Crippen LogP contribution in [-0.2, 0) is 0 Å². The van der Waals surface area contributed by atoms with Crippen LogP contribution < -0.4 is 0 Å². The third-order valence-electron chi connectivity index (χ3n) is 0.803. The van der Waals surface area contributed by atoms with Crippen LogP contribution in [0, 0.1) is 0 Å². The van der Waals surface area contributed by atoms with Crippen LogP contribution in [0.3, 0.4) is 0 Å². The second-order valence-corrected chi connectivity index (χ2v) is 6.44. The molecule has 0 unspecified atom stereocenters. The van der Waals surface area contributed by atoms with Gasteiger partial charge in [0.15, 0.2) is 0 Å². The fraction of sp³-hybridized carbons (Fsp3) is 1.00. The molecule has 0 fully saturated rings. The molecule has 0 amide bonds. The van der Waals surface area contributed by atoms with E-state index in [1.54, 1.807) is 0 Å². The minimum atomic E-state index is 0.451. The molecule has 0 aromatic heterocycles. The monoisotopic (exact) mass is 160 g/mol. The van der Waals surface area contributed by atoms with E-state index < -0.39 is 0 Å². The van der Waals surface area contributed by atoms with Crippen LogP contribution in [0.2, 0.25) is 10.0 Å². The third-order valence-corrected chi connectivity index (χ3v) is 4.17. The second kappa shape index (κ2) is 4.70. The van der Waals surface area contributed by atoms with E-state index in [1.165, 1.54) is 11.7 Å². The van der Waals surface area contributed by atoms with E-state index in [4.69, 9.17) is 0 Å². The van der Waals surface area contributed by atoms with E-state index in [-0.39, 0.29) is 0 Å². The summed E-state index contributed by atoms with van der Waals surface area (Å²) in [7, 11) is 0. The van der Waals surface area contributed by atoms with E-state index >= 15 is 0 Å². The van der Waals surface area contributed by atoms with Gasteiger partial charge in [0.2, 0.25) is 0 Å². The first-order chi connectivity index (χ1) is 3.27. The molecule has 42 valence electrons. The Bertz CT molecular complexity index is 33.2. The van der Waals surface area contributed by atoms with Gasteiger partial charge in [0.1, 0.15) is 0 Å². The fourth-order valence-electron chi connectivity index (χ4n) is 0.433. The number of hydrogen-bond acceptors (Lipinski definition) is 0. The molecular formula is C6H14Ge. The summed E-state index contributed by atoms with van der Waals surface area (Å²) in [6.45, 7) is 6.93. The first kappa shape index (κ1) is 7.54. The minimum absolute atomic E-state index is 0.451. The zero-order chi connectivity index (χ0) is 5.70. The Balaban J connectivity index is 2.68. The Kier molecular flexibility index (Phi) is 5.06. The zero-order valence-corrected chi connectivity index (χ0v) is 7.59. The topological polar surface area (TPSA) is 0 Å². The van der Waals surface area contributed by atoms with Crippen molar-refractivity contribution in [2.75, 3.05) is 0 Å². The predicted molar refractivity (Wildman–Crippen MR) is 35.9 cm³/mol. The van der Waals surface area contributed by atoms with Gasteiger partial charge in [-0.2, -0.15) is 0 Å². The molecule has 0 aliphatic heterocycles. The van der Waals surface area contributed by atoms with Crippen molar-refractivity contribution in [2.24, 2.45) is 0 Å². The standard InChI is InChI=1S/C6H14Ge/c1-4-5-7-6(2)3/h6H,4-5H2,1-3H3. The maximum absolute atomic E-state index is 2.33. The first-order valence-electron chi connectivity index (χ1n) is 3.00. The van der Waals surface area contributed by atoms with Crippen molar-refractivity contribution in [3.05, 3.63) is 0 Å². The molecule has 0 atom stereocenters. The van der Waals surface area contributed by atoms with Crippen molar-refractivity contribution < 1.29 is 0 Å². The summed E-state index contributed by atoms with van der Waals surface area (Å²) < 4.78 is 1.03. The second-order valence-electron chi connectivity index (χ2n) is 2.11. The summed E-state index contributed by atoms with van der Waals surface area (Å²) in [6, 6.07) is 0. The molecule has 0 saturated heterocycles. The van der Waals surface area contributed by atoms with Crippen molar-refractivity contribution in [3.63, 3.8) is 0 Å². The SMILES string of the molecule is CC[CH2][Ge][CH](C)C.